The average molecular weight is 536 g/mol. The zero-order valence-corrected chi connectivity index (χ0v) is 22.1. The molecule has 2 aromatic rings. The summed E-state index contributed by atoms with van der Waals surface area (Å²) in [6.07, 6.45) is 2.77. The Labute approximate surface area is 220 Å². The second-order valence-corrected chi connectivity index (χ2v) is 11.8. The second kappa shape index (κ2) is 10.3. The molecule has 4 nitrogen and oxygen atoms in total. The molecule has 2 saturated carbocycles. The first kappa shape index (κ1) is 27.5. The minimum atomic E-state index is -3.01. The molecule has 1 amide bonds. The van der Waals surface area contributed by atoms with Crippen molar-refractivity contribution in [2.45, 2.75) is 83.2 Å². The van der Waals surface area contributed by atoms with Crippen LogP contribution in [0, 0.1) is 17.2 Å². The van der Waals surface area contributed by atoms with E-state index in [0.717, 1.165) is 6.42 Å². The molecule has 2 aliphatic rings. The number of halogens is 4. The Morgan fingerprint density at radius 1 is 1.08 bits per heavy atom. The van der Waals surface area contributed by atoms with E-state index < -0.39 is 40.5 Å². The quantitative estimate of drug-likeness (QED) is 0.370. The van der Waals surface area contributed by atoms with Crippen LogP contribution in [0.3, 0.4) is 0 Å². The molecule has 0 spiro atoms. The summed E-state index contributed by atoms with van der Waals surface area (Å²) >= 11 is 5.98. The molecule has 2 aromatic carbocycles. The molecule has 0 radical (unpaired) electrons. The van der Waals surface area contributed by atoms with E-state index in [2.05, 4.69) is 5.32 Å². The molecule has 4 rings (SSSR count). The topological polar surface area (TPSA) is 55.4 Å². The molecule has 8 heteroatoms. The van der Waals surface area contributed by atoms with Gasteiger partial charge in [-0.1, -0.05) is 36.2 Å². The van der Waals surface area contributed by atoms with Gasteiger partial charge >= 0.3 is 5.97 Å². The van der Waals surface area contributed by atoms with Gasteiger partial charge in [-0.05, 0) is 88.3 Å². The summed E-state index contributed by atoms with van der Waals surface area (Å²) in [5.41, 5.74) is -0.341. The Bertz CT molecular complexity index is 1160. The van der Waals surface area contributed by atoms with Crippen molar-refractivity contribution >= 4 is 29.2 Å². The number of hydrogen-bond donors (Lipinski definition) is 1. The lowest BCUT2D eigenvalue weighted by Gasteiger charge is -2.41. The molecule has 2 aliphatic carbocycles. The number of hydrogen-bond acceptors (Lipinski definition) is 3. The van der Waals surface area contributed by atoms with Crippen LogP contribution >= 0.6 is 11.6 Å². The molecule has 2 atom stereocenters. The Morgan fingerprint density at radius 2 is 1.76 bits per heavy atom. The summed E-state index contributed by atoms with van der Waals surface area (Å²) in [6, 6.07) is 10.5. The SMILES string of the molecule is CC(C)(C)OC(=O)C1(Cc2ccc(F)c(NC(=O)C(c3ccc(Cl)cc3)C3CCCC3(F)F)c2)CCC1. The third-order valence-corrected chi connectivity index (χ3v) is 7.71. The summed E-state index contributed by atoms with van der Waals surface area (Å²) in [5.74, 6) is -7.04. The summed E-state index contributed by atoms with van der Waals surface area (Å²) < 4.78 is 50.0. The van der Waals surface area contributed by atoms with Crippen molar-refractivity contribution in [2.75, 3.05) is 5.32 Å². The zero-order chi connectivity index (χ0) is 27.0. The Hall–Kier alpha value is -2.54. The molecular formula is C29H33ClF3NO3. The van der Waals surface area contributed by atoms with Gasteiger partial charge in [-0.15, -0.1) is 0 Å². The monoisotopic (exact) mass is 535 g/mol. The summed E-state index contributed by atoms with van der Waals surface area (Å²) in [7, 11) is 0. The van der Waals surface area contributed by atoms with Gasteiger partial charge in [-0.2, -0.15) is 0 Å². The lowest BCUT2D eigenvalue weighted by Crippen LogP contribution is -2.44. The number of rotatable bonds is 7. The van der Waals surface area contributed by atoms with Crippen molar-refractivity contribution in [1.82, 2.24) is 0 Å². The summed E-state index contributed by atoms with van der Waals surface area (Å²) in [6.45, 7) is 5.44. The van der Waals surface area contributed by atoms with Gasteiger partial charge in [0.1, 0.15) is 11.4 Å². The summed E-state index contributed by atoms with van der Waals surface area (Å²) in [5, 5.41) is 3.00. The highest BCUT2D eigenvalue weighted by Crippen LogP contribution is 2.49. The number of anilines is 1. The molecule has 2 unspecified atom stereocenters. The van der Waals surface area contributed by atoms with E-state index in [9.17, 15) is 22.8 Å². The average Bonchev–Trinajstić information content (AvgIpc) is 3.11. The fourth-order valence-corrected chi connectivity index (χ4v) is 5.55. The van der Waals surface area contributed by atoms with Crippen LogP contribution in [-0.4, -0.2) is 23.4 Å². The number of ether oxygens (including phenoxy) is 1. The third kappa shape index (κ3) is 6.14. The van der Waals surface area contributed by atoms with Crippen molar-refractivity contribution in [3.05, 3.63) is 64.4 Å². The van der Waals surface area contributed by atoms with Gasteiger partial charge in [-0.25, -0.2) is 13.2 Å². The van der Waals surface area contributed by atoms with Crippen molar-refractivity contribution in [3.63, 3.8) is 0 Å². The summed E-state index contributed by atoms with van der Waals surface area (Å²) in [4.78, 5) is 26.4. The number of benzene rings is 2. The first-order chi connectivity index (χ1) is 17.3. The van der Waals surface area contributed by atoms with E-state index >= 15 is 0 Å². The van der Waals surface area contributed by atoms with Crippen LogP contribution in [0.1, 0.15) is 76.3 Å². The lowest BCUT2D eigenvalue weighted by atomic mass is 9.65. The number of carbonyl (C=O) groups excluding carboxylic acids is 2. The first-order valence-electron chi connectivity index (χ1n) is 12.8. The van der Waals surface area contributed by atoms with Crippen LogP contribution < -0.4 is 5.32 Å². The van der Waals surface area contributed by atoms with Crippen LogP contribution in [0.4, 0.5) is 18.9 Å². The first-order valence-corrected chi connectivity index (χ1v) is 13.1. The van der Waals surface area contributed by atoms with E-state index in [1.165, 1.54) is 12.1 Å². The third-order valence-electron chi connectivity index (χ3n) is 7.46. The van der Waals surface area contributed by atoms with Crippen LogP contribution in [0.25, 0.3) is 0 Å². The van der Waals surface area contributed by atoms with Gasteiger partial charge in [0.25, 0.3) is 5.92 Å². The maximum Gasteiger partial charge on any atom is 0.312 e. The van der Waals surface area contributed by atoms with Gasteiger partial charge in [0.2, 0.25) is 5.91 Å². The smallest absolute Gasteiger partial charge is 0.312 e. The Morgan fingerprint density at radius 3 is 2.30 bits per heavy atom. The highest BCUT2D eigenvalue weighted by Gasteiger charge is 2.50. The van der Waals surface area contributed by atoms with Crippen molar-refractivity contribution in [3.8, 4) is 0 Å². The van der Waals surface area contributed by atoms with Crippen molar-refractivity contribution in [2.24, 2.45) is 11.3 Å². The molecule has 200 valence electrons. The lowest BCUT2D eigenvalue weighted by molar-refractivity contribution is -0.173. The molecule has 37 heavy (non-hydrogen) atoms. The van der Waals surface area contributed by atoms with Gasteiger partial charge in [0.15, 0.2) is 0 Å². The Kier molecular flexibility index (Phi) is 7.67. The fourth-order valence-electron chi connectivity index (χ4n) is 5.42. The van der Waals surface area contributed by atoms with Crippen molar-refractivity contribution in [1.29, 1.82) is 0 Å². The molecule has 1 N–H and O–H groups in total. The number of amides is 1. The standard InChI is InChI=1S/C29H33ClF3NO3/c1-27(2,3)37-26(36)28(13-5-14-28)17-18-7-12-22(31)23(16-18)34-25(35)24(19-8-10-20(30)11-9-19)21-6-4-15-29(21,32)33/h7-12,16,21,24H,4-6,13-15,17H2,1-3H3,(H,34,35). The largest absolute Gasteiger partial charge is 0.460 e. The number of carbonyl (C=O) groups is 2. The molecule has 0 aliphatic heterocycles. The van der Waals surface area contributed by atoms with E-state index in [1.807, 2.05) is 20.8 Å². The molecule has 2 fully saturated rings. The maximum atomic E-state index is 14.8. The van der Waals surface area contributed by atoms with Crippen LogP contribution in [-0.2, 0) is 20.7 Å². The molecule has 0 bridgehead atoms. The predicted octanol–water partition coefficient (Wildman–Crippen LogP) is 7.69. The van der Waals surface area contributed by atoms with Gasteiger partial charge in [0.05, 0.1) is 17.0 Å². The number of esters is 1. The molecule has 0 heterocycles. The van der Waals surface area contributed by atoms with E-state index in [1.54, 1.807) is 30.3 Å². The fraction of sp³-hybridized carbons (Fsp3) is 0.517. The van der Waals surface area contributed by atoms with Gasteiger partial charge < -0.3 is 10.1 Å². The van der Waals surface area contributed by atoms with Gasteiger partial charge in [-0.3, -0.25) is 9.59 Å². The minimum absolute atomic E-state index is 0.0959. The number of alkyl halides is 2. The molecule has 0 aromatic heterocycles. The minimum Gasteiger partial charge on any atom is -0.460 e. The molecule has 0 saturated heterocycles. The highest BCUT2D eigenvalue weighted by atomic mass is 35.5. The second-order valence-electron chi connectivity index (χ2n) is 11.4. The van der Waals surface area contributed by atoms with Crippen LogP contribution in [0.2, 0.25) is 5.02 Å². The zero-order valence-electron chi connectivity index (χ0n) is 21.4. The van der Waals surface area contributed by atoms with Gasteiger partial charge in [0, 0.05) is 17.4 Å². The van der Waals surface area contributed by atoms with E-state index in [0.29, 0.717) is 41.8 Å². The highest BCUT2D eigenvalue weighted by molar-refractivity contribution is 6.30. The van der Waals surface area contributed by atoms with E-state index in [-0.39, 0.29) is 24.5 Å². The van der Waals surface area contributed by atoms with Crippen LogP contribution in [0.5, 0.6) is 0 Å². The normalized spacial score (nSPS) is 21.1. The van der Waals surface area contributed by atoms with Crippen molar-refractivity contribution < 1.29 is 27.5 Å². The Balaban J connectivity index is 1.58. The number of nitrogens with one attached hydrogen (secondary N) is 1. The maximum absolute atomic E-state index is 14.8. The van der Waals surface area contributed by atoms with Crippen LogP contribution in [0.15, 0.2) is 42.5 Å². The van der Waals surface area contributed by atoms with E-state index in [4.69, 9.17) is 16.3 Å². The molecular weight excluding hydrogens is 503 g/mol. The predicted molar refractivity (Wildman–Crippen MR) is 137 cm³/mol.